The summed E-state index contributed by atoms with van der Waals surface area (Å²) in [7, 11) is 5.24. The third kappa shape index (κ3) is 6.17. The number of hydrogen-bond donors (Lipinski definition) is 2. The number of fused-ring (bicyclic) bond motifs is 1. The van der Waals surface area contributed by atoms with E-state index < -0.39 is 0 Å². The van der Waals surface area contributed by atoms with Crippen LogP contribution >= 0.6 is 22.9 Å². The number of rotatable bonds is 8. The second kappa shape index (κ2) is 12.6. The van der Waals surface area contributed by atoms with E-state index in [4.69, 9.17) is 26.1 Å². The summed E-state index contributed by atoms with van der Waals surface area (Å²) in [6.07, 6.45) is 5.64. The minimum absolute atomic E-state index is 0.311. The predicted octanol–water partition coefficient (Wildman–Crippen LogP) is 4.91. The molecule has 2 N–H and O–H groups in total. The number of anilines is 5. The van der Waals surface area contributed by atoms with Gasteiger partial charge in [0.25, 0.3) is 5.91 Å². The molecule has 11 nitrogen and oxygen atoms in total. The van der Waals surface area contributed by atoms with Gasteiger partial charge in [0.05, 0.1) is 55.8 Å². The van der Waals surface area contributed by atoms with E-state index in [9.17, 15) is 4.79 Å². The number of halogens is 1. The maximum Gasteiger partial charge on any atom is 0.259 e. The zero-order valence-electron chi connectivity index (χ0n) is 24.3. The Labute approximate surface area is 259 Å². The monoisotopic (exact) mass is 620 g/mol. The molecule has 1 aromatic carbocycles. The fourth-order valence-electron chi connectivity index (χ4n) is 5.34. The van der Waals surface area contributed by atoms with E-state index in [0.29, 0.717) is 45.2 Å². The van der Waals surface area contributed by atoms with Crippen LogP contribution < -0.4 is 29.9 Å². The van der Waals surface area contributed by atoms with Crippen molar-refractivity contribution in [1.29, 1.82) is 0 Å². The van der Waals surface area contributed by atoms with Gasteiger partial charge in [-0.3, -0.25) is 9.78 Å². The third-order valence-electron chi connectivity index (χ3n) is 7.75. The summed E-state index contributed by atoms with van der Waals surface area (Å²) in [6.45, 7) is 4.98. The highest BCUT2D eigenvalue weighted by atomic mass is 35.5. The lowest BCUT2D eigenvalue weighted by Crippen LogP contribution is -2.44. The molecule has 0 saturated carbocycles. The van der Waals surface area contributed by atoms with Crippen LogP contribution in [0.15, 0.2) is 48.2 Å². The lowest BCUT2D eigenvalue weighted by Gasteiger charge is -2.35. The van der Waals surface area contributed by atoms with Gasteiger partial charge in [0, 0.05) is 49.9 Å². The molecule has 43 heavy (non-hydrogen) atoms. The van der Waals surface area contributed by atoms with Crippen LogP contribution in [0.4, 0.5) is 28.8 Å². The van der Waals surface area contributed by atoms with Gasteiger partial charge in [-0.1, -0.05) is 11.6 Å². The molecule has 13 heteroatoms. The topological polar surface area (TPSA) is 108 Å². The average molecular weight is 621 g/mol. The number of likely N-dealkylation sites (N-methyl/N-ethyl adjacent to an activating group) is 1. The Balaban J connectivity index is 1.33. The van der Waals surface area contributed by atoms with Crippen LogP contribution in [0.1, 0.15) is 20.8 Å². The summed E-state index contributed by atoms with van der Waals surface area (Å²) in [5.41, 5.74) is 3.84. The molecule has 0 bridgehead atoms. The number of nitrogens with one attached hydrogen (secondary N) is 2. The number of hydrogen-bond acceptors (Lipinski definition) is 11. The summed E-state index contributed by atoms with van der Waals surface area (Å²) in [6, 6.07) is 7.61. The Kier molecular flexibility index (Phi) is 8.50. The van der Waals surface area contributed by atoms with Crippen LogP contribution in [0, 0.1) is 0 Å². The first-order valence-corrected chi connectivity index (χ1v) is 15.2. The van der Waals surface area contributed by atoms with Gasteiger partial charge in [-0.05, 0) is 42.6 Å². The van der Waals surface area contributed by atoms with Crippen LogP contribution in [0.25, 0.3) is 0 Å². The summed E-state index contributed by atoms with van der Waals surface area (Å²) in [5, 5.41) is 9.03. The number of methoxy groups -OCH3 is 2. The van der Waals surface area contributed by atoms with E-state index in [1.807, 2.05) is 12.1 Å². The van der Waals surface area contributed by atoms with Gasteiger partial charge in [0.2, 0.25) is 5.95 Å². The highest BCUT2D eigenvalue weighted by molar-refractivity contribution is 7.10. The normalized spacial score (nSPS) is 15.2. The van der Waals surface area contributed by atoms with Crippen LogP contribution in [0.2, 0.25) is 5.02 Å². The Bertz CT molecular complexity index is 1620. The molecule has 1 saturated heterocycles. The van der Waals surface area contributed by atoms with Gasteiger partial charge in [-0.2, -0.15) is 4.98 Å². The highest BCUT2D eigenvalue weighted by Crippen LogP contribution is 2.40. The zero-order chi connectivity index (χ0) is 29.9. The molecule has 3 aromatic heterocycles. The average Bonchev–Trinajstić information content (AvgIpc) is 3.51. The highest BCUT2D eigenvalue weighted by Gasteiger charge is 2.24. The van der Waals surface area contributed by atoms with Gasteiger partial charge in [-0.25, -0.2) is 4.98 Å². The van der Waals surface area contributed by atoms with Gasteiger partial charge >= 0.3 is 0 Å². The molecule has 4 aromatic rings. The summed E-state index contributed by atoms with van der Waals surface area (Å²) in [5.74, 6) is 1.71. The van der Waals surface area contributed by atoms with E-state index in [-0.39, 0.29) is 5.91 Å². The Morgan fingerprint density at radius 3 is 2.60 bits per heavy atom. The molecule has 2 aliphatic rings. The molecule has 1 amide bonds. The van der Waals surface area contributed by atoms with Gasteiger partial charge in [-0.15, -0.1) is 11.3 Å². The second-order valence-electron chi connectivity index (χ2n) is 10.4. The van der Waals surface area contributed by atoms with Gasteiger partial charge in [0.15, 0.2) is 5.82 Å². The molecule has 224 valence electrons. The van der Waals surface area contributed by atoms with E-state index in [1.165, 1.54) is 23.7 Å². The first-order chi connectivity index (χ1) is 20.9. The van der Waals surface area contributed by atoms with Crippen molar-refractivity contribution in [3.8, 4) is 11.5 Å². The minimum atomic E-state index is -0.311. The molecule has 0 atom stereocenters. The number of benzene rings is 1. The van der Waals surface area contributed by atoms with Gasteiger partial charge in [0.1, 0.15) is 16.5 Å². The van der Waals surface area contributed by atoms with Crippen molar-refractivity contribution in [2.45, 2.75) is 13.0 Å². The number of nitrogens with zero attached hydrogens (tertiary/aromatic N) is 6. The molecule has 0 aliphatic carbocycles. The molecular weight excluding hydrogens is 588 g/mol. The lowest BCUT2D eigenvalue weighted by molar-refractivity contribution is 0.102. The van der Waals surface area contributed by atoms with Crippen molar-refractivity contribution in [3.63, 3.8) is 0 Å². The smallest absolute Gasteiger partial charge is 0.259 e. The molecule has 1 fully saturated rings. The van der Waals surface area contributed by atoms with E-state index in [1.54, 1.807) is 36.9 Å². The standard InChI is InChI=1S/C30H33ClN8O3S/c1-37-9-11-38(12-10-37)24-15-25(41-2)23(14-22(24)34-29(40)20-4-7-32-17-26(20)42-3)35-30-33-16-21(31)28(36-30)39-8-5-19-6-13-43-27(19)18-39/h4,6-7,13-17H,5,8-12,18H2,1-3H3,(H,34,40)(H,33,35,36). The zero-order valence-corrected chi connectivity index (χ0v) is 25.8. The maximum absolute atomic E-state index is 13.5. The number of amides is 1. The molecule has 0 spiro atoms. The Morgan fingerprint density at radius 2 is 1.81 bits per heavy atom. The number of pyridine rings is 1. The van der Waals surface area contributed by atoms with Crippen molar-refractivity contribution in [2.75, 3.05) is 74.4 Å². The van der Waals surface area contributed by atoms with E-state index in [2.05, 4.69) is 53.8 Å². The number of carbonyl (C=O) groups excluding carboxylic acids is 1. The number of piperazine rings is 1. The van der Waals surface area contributed by atoms with Crippen LogP contribution in [0.5, 0.6) is 11.5 Å². The Morgan fingerprint density at radius 1 is 1.00 bits per heavy atom. The quantitative estimate of drug-likeness (QED) is 0.282. The van der Waals surface area contributed by atoms with Crippen molar-refractivity contribution in [1.82, 2.24) is 19.9 Å². The minimum Gasteiger partial charge on any atom is -0.494 e. The number of thiophene rings is 1. The molecule has 5 heterocycles. The first kappa shape index (κ1) is 29.0. The van der Waals surface area contributed by atoms with Crippen LogP contribution in [0.3, 0.4) is 0 Å². The fraction of sp³-hybridized carbons (Fsp3) is 0.333. The number of aromatic nitrogens is 3. The van der Waals surface area contributed by atoms with E-state index >= 15 is 0 Å². The molecule has 2 aliphatic heterocycles. The fourth-order valence-corrected chi connectivity index (χ4v) is 6.50. The summed E-state index contributed by atoms with van der Waals surface area (Å²) in [4.78, 5) is 34.8. The van der Waals surface area contributed by atoms with Crippen LogP contribution in [-0.2, 0) is 13.0 Å². The Hall–Kier alpha value is -4.13. The summed E-state index contributed by atoms with van der Waals surface area (Å²) >= 11 is 8.34. The third-order valence-corrected chi connectivity index (χ3v) is 8.97. The summed E-state index contributed by atoms with van der Waals surface area (Å²) < 4.78 is 11.2. The van der Waals surface area contributed by atoms with E-state index in [0.717, 1.165) is 51.4 Å². The van der Waals surface area contributed by atoms with Crippen molar-refractivity contribution >= 4 is 57.7 Å². The van der Waals surface area contributed by atoms with Crippen molar-refractivity contribution < 1.29 is 14.3 Å². The molecular formula is C30H33ClN8O3S. The second-order valence-corrected chi connectivity index (χ2v) is 11.8. The largest absolute Gasteiger partial charge is 0.494 e. The van der Waals surface area contributed by atoms with Gasteiger partial charge < -0.3 is 34.8 Å². The maximum atomic E-state index is 13.5. The lowest BCUT2D eigenvalue weighted by atomic mass is 10.1. The number of ether oxygens (including phenoxy) is 2. The molecule has 6 rings (SSSR count). The van der Waals surface area contributed by atoms with Crippen LogP contribution in [-0.4, -0.2) is 79.8 Å². The van der Waals surface area contributed by atoms with Crippen molar-refractivity contribution in [2.24, 2.45) is 0 Å². The predicted molar refractivity (Wildman–Crippen MR) is 171 cm³/mol. The van der Waals surface area contributed by atoms with Crippen molar-refractivity contribution in [3.05, 3.63) is 69.3 Å². The number of carbonyl (C=O) groups is 1. The molecule has 0 radical (unpaired) electrons. The SMILES string of the molecule is COc1cc(N2CCN(C)CC2)c(NC(=O)c2ccncc2OC)cc1Nc1ncc(Cl)c(N2CCc3ccsc3C2)n1. The molecule has 0 unspecified atom stereocenters. The first-order valence-electron chi connectivity index (χ1n) is 14.0.